The fourth-order valence-corrected chi connectivity index (χ4v) is 4.23. The number of halogens is 3. The van der Waals surface area contributed by atoms with E-state index in [1.165, 1.54) is 35.2 Å². The number of nitrogens with zero attached hydrogens (tertiary/aromatic N) is 4. The van der Waals surface area contributed by atoms with E-state index >= 15 is 0 Å². The Morgan fingerprint density at radius 1 is 0.634 bits per heavy atom. The van der Waals surface area contributed by atoms with Crippen LogP contribution in [-0.2, 0) is 0 Å². The van der Waals surface area contributed by atoms with E-state index in [1.807, 2.05) is 67.6 Å². The molecule has 1 N–H and O–H groups in total. The maximum Gasteiger partial charge on any atom is 0.223 e. The second kappa shape index (κ2) is 16.6. The summed E-state index contributed by atoms with van der Waals surface area (Å²) in [4.78, 5) is 15.1. The quantitative estimate of drug-likeness (QED) is 0.140. The number of fused-ring (bicyclic) bond motifs is 2. The molecule has 11 heteroatoms. The van der Waals surface area contributed by atoms with Gasteiger partial charge >= 0.3 is 0 Å². The van der Waals surface area contributed by atoms with Gasteiger partial charge in [-0.1, -0.05) is 95.5 Å². The molecule has 0 saturated heterocycles. The van der Waals surface area contributed by atoms with Crippen LogP contribution in [0.25, 0.3) is 21.5 Å². The van der Waals surface area contributed by atoms with Gasteiger partial charge in [-0.2, -0.15) is 0 Å². The van der Waals surface area contributed by atoms with Gasteiger partial charge in [0.05, 0.1) is 0 Å². The summed E-state index contributed by atoms with van der Waals surface area (Å²) in [6.07, 6.45) is 2.69. The molecule has 0 fully saturated rings. The topological polar surface area (TPSA) is 81.0 Å². The van der Waals surface area contributed by atoms with Crippen LogP contribution in [0.4, 0.5) is 0 Å². The van der Waals surface area contributed by atoms with Crippen molar-refractivity contribution in [3.63, 3.8) is 0 Å². The van der Waals surface area contributed by atoms with Crippen molar-refractivity contribution in [1.82, 2.24) is 19.9 Å². The summed E-state index contributed by atoms with van der Waals surface area (Å²) in [5, 5.41) is 14.9. The molecular formula is C30H24BCl3N4O2U. The molecule has 6 aromatic rings. The molecule has 6 nitrogen and oxygen atoms in total. The van der Waals surface area contributed by atoms with Gasteiger partial charge in [0.1, 0.15) is 39.6 Å². The number of phenolic OH excluding ortho intramolecular Hbond substituents is 1. The van der Waals surface area contributed by atoms with Gasteiger partial charge in [0.15, 0.2) is 0 Å². The fraction of sp³-hybridized carbons (Fsp3) is 0.0667. The summed E-state index contributed by atoms with van der Waals surface area (Å²) < 4.78 is 11.0. The van der Waals surface area contributed by atoms with Gasteiger partial charge in [0.2, 0.25) is 5.88 Å². The molecule has 0 saturated carbocycles. The number of aromatic nitrogens is 4. The molecule has 2 radical (unpaired) electrons. The Balaban J connectivity index is 0.000000230. The number of hydrogen-bond acceptors (Lipinski definition) is 6. The van der Waals surface area contributed by atoms with Crippen molar-refractivity contribution in [2.45, 2.75) is 13.8 Å². The number of phenols is 1. The molecule has 0 amide bonds. The van der Waals surface area contributed by atoms with Crippen LogP contribution in [0.15, 0.2) is 97.6 Å². The number of aromatic hydroxyl groups is 1. The maximum atomic E-state index is 9.50. The van der Waals surface area contributed by atoms with Crippen LogP contribution in [0.1, 0.15) is 11.1 Å². The molecule has 41 heavy (non-hydrogen) atoms. The fourth-order valence-electron chi connectivity index (χ4n) is 3.74. The van der Waals surface area contributed by atoms with E-state index in [1.54, 1.807) is 12.1 Å². The second-order valence-electron chi connectivity index (χ2n) is 8.32. The minimum absolute atomic E-state index is 0. The normalized spacial score (nSPS) is 9.93. The molecule has 2 heterocycles. The first kappa shape index (κ1) is 32.7. The Kier molecular flexibility index (Phi) is 13.2. The molecule has 0 atom stereocenters. The zero-order chi connectivity index (χ0) is 29.8. The predicted octanol–water partition coefficient (Wildman–Crippen LogP) is 8.37. The standard InChI is InChI=1S/C15H11ClN2O.C11H10O.C4H2Cl2N2.BH.U/c1-10-6-7-13(12-5-3-2-4-11(10)12)19-15-8-14(16)17-9-18-15;1-8-6-7-11(12)10-5-3-2-4-9(8)10;5-3-1-4(6)8-2-7-3;;/h2-9H,1H3;2-7,12H,1H3;1-2H;1H;/i;;;1D;. The van der Waals surface area contributed by atoms with E-state index in [0.717, 1.165) is 21.9 Å². The first-order valence-corrected chi connectivity index (χ1v) is 12.9. The van der Waals surface area contributed by atoms with Gasteiger partial charge in [-0.15, -0.1) is 0 Å². The Labute approximate surface area is 280 Å². The monoisotopic (exact) mass is 827 g/mol. The van der Waals surface area contributed by atoms with Crippen molar-refractivity contribution in [2.75, 3.05) is 0 Å². The zero-order valence-electron chi connectivity index (χ0n) is 23.1. The van der Waals surface area contributed by atoms with E-state index in [9.17, 15) is 5.11 Å². The van der Waals surface area contributed by atoms with E-state index in [-0.39, 0.29) is 31.1 Å². The minimum Gasteiger partial charge on any atom is -0.507 e. The van der Waals surface area contributed by atoms with Crippen LogP contribution < -0.4 is 4.74 Å². The third kappa shape index (κ3) is 9.60. The van der Waals surface area contributed by atoms with Gasteiger partial charge in [0.25, 0.3) is 0 Å². The van der Waals surface area contributed by atoms with Crippen LogP contribution in [0, 0.1) is 45.0 Å². The van der Waals surface area contributed by atoms with Gasteiger partial charge < -0.3 is 9.84 Å². The Morgan fingerprint density at radius 2 is 1.10 bits per heavy atom. The molecule has 204 valence electrons. The van der Waals surface area contributed by atoms with Crippen LogP contribution in [0.3, 0.4) is 0 Å². The first-order chi connectivity index (χ1) is 19.8. The summed E-state index contributed by atoms with van der Waals surface area (Å²) in [6, 6.07) is 26.7. The van der Waals surface area contributed by atoms with Gasteiger partial charge in [-0.25, -0.2) is 19.9 Å². The smallest absolute Gasteiger partial charge is 0.223 e. The van der Waals surface area contributed by atoms with Crippen molar-refractivity contribution in [3.8, 4) is 17.4 Å². The Morgan fingerprint density at radius 3 is 1.61 bits per heavy atom. The third-order valence-electron chi connectivity index (χ3n) is 5.64. The summed E-state index contributed by atoms with van der Waals surface area (Å²) in [5.41, 5.74) is 2.41. The number of aryl methyl sites for hydroxylation is 2. The van der Waals surface area contributed by atoms with Crippen LogP contribution in [-0.4, -0.2) is 34.8 Å². The molecule has 0 spiro atoms. The van der Waals surface area contributed by atoms with Crippen molar-refractivity contribution in [2.24, 2.45) is 0 Å². The van der Waals surface area contributed by atoms with Crippen molar-refractivity contribution in [3.05, 3.63) is 124 Å². The van der Waals surface area contributed by atoms with E-state index in [4.69, 9.17) is 40.9 Å². The molecule has 0 aliphatic heterocycles. The number of hydrogen-bond donors (Lipinski definition) is 1. The molecule has 6 rings (SSSR count). The number of rotatable bonds is 2. The van der Waals surface area contributed by atoms with E-state index in [0.29, 0.717) is 27.1 Å². The van der Waals surface area contributed by atoms with E-state index in [2.05, 4.69) is 41.3 Å². The second-order valence-corrected chi connectivity index (χ2v) is 9.48. The summed E-state index contributed by atoms with van der Waals surface area (Å²) in [5.74, 6) is 1.56. The predicted molar refractivity (Wildman–Crippen MR) is 165 cm³/mol. The van der Waals surface area contributed by atoms with Gasteiger partial charge in [-0.3, -0.25) is 0 Å². The molecular weight excluding hydrogens is 804 g/mol. The average Bonchev–Trinajstić information content (AvgIpc) is 2.99. The Bertz CT molecular complexity index is 1690. The third-order valence-corrected chi connectivity index (χ3v) is 6.26. The van der Waals surface area contributed by atoms with Crippen LogP contribution in [0.2, 0.25) is 15.5 Å². The van der Waals surface area contributed by atoms with Crippen LogP contribution >= 0.6 is 34.8 Å². The van der Waals surface area contributed by atoms with Gasteiger partial charge in [-0.05, 0) is 49.2 Å². The summed E-state index contributed by atoms with van der Waals surface area (Å²) in [6.45, 7) is 4.12. The van der Waals surface area contributed by atoms with E-state index < -0.39 is 0 Å². The summed E-state index contributed by atoms with van der Waals surface area (Å²) in [7, 11) is 3.75. The zero-order valence-corrected chi connectivity index (χ0v) is 28.5. The molecule has 0 unspecified atom stereocenters. The minimum atomic E-state index is 0. The summed E-state index contributed by atoms with van der Waals surface area (Å²) >= 11 is 16.6. The molecule has 0 bridgehead atoms. The number of benzene rings is 4. The van der Waals surface area contributed by atoms with Crippen molar-refractivity contribution >= 4 is 64.7 Å². The largest absolute Gasteiger partial charge is 0.507 e. The SMILES string of the molecule is Cc1ccc(O)c2ccccc12.Cc1ccc(Oc2cc(Cl)ncn2)c2ccccc12.Clc1cc(Cl)ncn1.[2H][B].[U]. The van der Waals surface area contributed by atoms with Crippen molar-refractivity contribution < 1.29 is 41.0 Å². The Hall–Kier alpha value is -2.85. The average molecular weight is 829 g/mol. The first-order valence-electron chi connectivity index (χ1n) is 12.3. The molecule has 2 aromatic heterocycles. The number of ether oxygens (including phenoxy) is 1. The molecule has 4 aromatic carbocycles. The maximum absolute atomic E-state index is 9.50. The molecule has 0 aliphatic carbocycles. The molecule has 0 aliphatic rings. The van der Waals surface area contributed by atoms with Gasteiger partial charge in [0, 0.05) is 62.4 Å². The van der Waals surface area contributed by atoms with Crippen molar-refractivity contribution in [1.29, 1.82) is 1.34 Å². The van der Waals surface area contributed by atoms with Crippen LogP contribution in [0.5, 0.6) is 17.4 Å².